The highest BCUT2D eigenvalue weighted by Crippen LogP contribution is 2.36. The lowest BCUT2D eigenvalue weighted by Gasteiger charge is -2.17. The number of hydroxylamine groups is 1. The summed E-state index contributed by atoms with van der Waals surface area (Å²) >= 11 is 0. The summed E-state index contributed by atoms with van der Waals surface area (Å²) in [5.41, 5.74) is 6.13. The summed E-state index contributed by atoms with van der Waals surface area (Å²) in [4.78, 5) is 21.2. The molecule has 0 aliphatic carbocycles. The number of nitrogens with one attached hydrogen (secondary N) is 1. The summed E-state index contributed by atoms with van der Waals surface area (Å²) in [6.45, 7) is 7.58. The summed E-state index contributed by atoms with van der Waals surface area (Å²) in [5.74, 6) is -0.438. The summed E-state index contributed by atoms with van der Waals surface area (Å²) < 4.78 is 5.53. The molecule has 1 amide bonds. The second-order valence-electron chi connectivity index (χ2n) is 6.02. The number of amides is 1. The van der Waals surface area contributed by atoms with Crippen molar-refractivity contribution in [2.75, 3.05) is 14.2 Å². The second-order valence-corrected chi connectivity index (χ2v) is 6.02. The van der Waals surface area contributed by atoms with E-state index in [4.69, 9.17) is 9.72 Å². The Morgan fingerprint density at radius 3 is 2.45 bits per heavy atom. The van der Waals surface area contributed by atoms with Gasteiger partial charge in [-0.3, -0.25) is 15.0 Å². The molecule has 0 aliphatic rings. The van der Waals surface area contributed by atoms with Gasteiger partial charge in [0.2, 0.25) is 0 Å². The molecule has 2 N–H and O–H groups in total. The van der Waals surface area contributed by atoms with E-state index >= 15 is 0 Å². The summed E-state index contributed by atoms with van der Waals surface area (Å²) in [6, 6.07) is 7.72. The lowest BCUT2D eigenvalue weighted by molar-refractivity contribution is 0.0703. The maximum absolute atomic E-state index is 12.4. The van der Waals surface area contributed by atoms with Crippen molar-refractivity contribution in [1.29, 1.82) is 0 Å². The molecule has 1 aromatic heterocycles. The molecule has 1 aromatic carbocycles. The third-order valence-corrected chi connectivity index (χ3v) is 4.35. The van der Waals surface area contributed by atoms with Crippen LogP contribution in [0.25, 0.3) is 29.0 Å². The first-order chi connectivity index (χ1) is 14.1. The third kappa shape index (κ3) is 4.50. The molecule has 0 unspecified atom stereocenters. The molecule has 0 bridgehead atoms. The largest absolute Gasteiger partial charge is 0.494 e. The molecule has 0 fully saturated rings. The van der Waals surface area contributed by atoms with Gasteiger partial charge in [-0.1, -0.05) is 49.1 Å². The van der Waals surface area contributed by atoms with Crippen molar-refractivity contribution < 1.29 is 14.7 Å². The molecule has 0 saturated carbocycles. The number of pyridine rings is 1. The first kappa shape index (κ1) is 21.8. The fourth-order valence-electron chi connectivity index (χ4n) is 3.04. The van der Waals surface area contributed by atoms with E-state index in [1.807, 2.05) is 50.3 Å². The van der Waals surface area contributed by atoms with Gasteiger partial charge in [-0.25, -0.2) is 10.5 Å². The van der Waals surface area contributed by atoms with Gasteiger partial charge in [0.15, 0.2) is 5.75 Å². The molecule has 0 saturated heterocycles. The highest BCUT2D eigenvalue weighted by Gasteiger charge is 2.24. The highest BCUT2D eigenvalue weighted by atomic mass is 16.5. The third-order valence-electron chi connectivity index (χ3n) is 4.35. The van der Waals surface area contributed by atoms with E-state index in [2.05, 4.69) is 11.6 Å². The Bertz CT molecular complexity index is 987. The zero-order chi connectivity index (χ0) is 21.4. The predicted molar refractivity (Wildman–Crippen MR) is 118 cm³/mol. The monoisotopic (exact) mass is 391 g/mol. The van der Waals surface area contributed by atoms with Gasteiger partial charge in [-0.15, -0.1) is 0 Å². The van der Waals surface area contributed by atoms with Gasteiger partial charge in [-0.2, -0.15) is 0 Å². The second kappa shape index (κ2) is 10.1. The van der Waals surface area contributed by atoms with Crippen LogP contribution in [0.3, 0.4) is 0 Å². The van der Waals surface area contributed by atoms with Crippen molar-refractivity contribution in [1.82, 2.24) is 10.5 Å². The molecule has 0 atom stereocenters. The van der Waals surface area contributed by atoms with E-state index in [0.29, 0.717) is 17.0 Å². The zero-order valence-corrected chi connectivity index (χ0v) is 17.1. The SMILES string of the molecule is C=Cc1c(/C=C\C)nc(-c2ccc(/C(C=NC)=C/C)cc2)c(OC)c1C(=O)NO. The van der Waals surface area contributed by atoms with Crippen LogP contribution in [0.15, 0.2) is 48.0 Å². The zero-order valence-electron chi connectivity index (χ0n) is 17.1. The van der Waals surface area contributed by atoms with Crippen molar-refractivity contribution in [2.45, 2.75) is 13.8 Å². The smallest absolute Gasteiger partial charge is 0.279 e. The van der Waals surface area contributed by atoms with Crippen LogP contribution in [-0.2, 0) is 0 Å². The minimum Gasteiger partial charge on any atom is -0.494 e. The molecule has 1 heterocycles. The number of carbonyl (C=O) groups excluding carboxylic acids is 1. The molecule has 0 radical (unpaired) electrons. The number of aromatic nitrogens is 1. The van der Waals surface area contributed by atoms with Gasteiger partial charge < -0.3 is 4.74 Å². The van der Waals surface area contributed by atoms with Crippen LogP contribution in [0.1, 0.15) is 41.0 Å². The Morgan fingerprint density at radius 2 is 1.97 bits per heavy atom. The number of hydrogen-bond acceptors (Lipinski definition) is 5. The molecular weight excluding hydrogens is 366 g/mol. The van der Waals surface area contributed by atoms with Crippen LogP contribution in [0.2, 0.25) is 0 Å². The average Bonchev–Trinajstić information content (AvgIpc) is 2.76. The Balaban J connectivity index is 2.76. The number of methoxy groups -OCH3 is 1. The molecule has 29 heavy (non-hydrogen) atoms. The Labute approximate surface area is 170 Å². The van der Waals surface area contributed by atoms with E-state index in [0.717, 1.165) is 16.7 Å². The summed E-state index contributed by atoms with van der Waals surface area (Å²) in [6.07, 6.45) is 8.88. The average molecular weight is 391 g/mol. The summed E-state index contributed by atoms with van der Waals surface area (Å²) in [7, 11) is 3.19. The van der Waals surface area contributed by atoms with Crippen LogP contribution in [0.5, 0.6) is 5.75 Å². The van der Waals surface area contributed by atoms with Crippen LogP contribution >= 0.6 is 0 Å². The lowest BCUT2D eigenvalue weighted by Crippen LogP contribution is -2.22. The fraction of sp³-hybridized carbons (Fsp3) is 0.174. The number of hydrogen-bond donors (Lipinski definition) is 2. The maximum atomic E-state index is 12.4. The van der Waals surface area contributed by atoms with E-state index in [1.54, 1.807) is 24.8 Å². The van der Waals surface area contributed by atoms with Crippen molar-refractivity contribution in [3.63, 3.8) is 0 Å². The topological polar surface area (TPSA) is 83.8 Å². The van der Waals surface area contributed by atoms with Gasteiger partial charge in [0.05, 0.1) is 18.4 Å². The number of benzene rings is 1. The summed E-state index contributed by atoms with van der Waals surface area (Å²) in [5, 5.41) is 9.24. The molecule has 6 heteroatoms. The van der Waals surface area contributed by atoms with Gasteiger partial charge in [-0.05, 0) is 31.1 Å². The van der Waals surface area contributed by atoms with E-state index in [9.17, 15) is 10.0 Å². The van der Waals surface area contributed by atoms with Crippen molar-refractivity contribution in [2.24, 2.45) is 4.99 Å². The predicted octanol–water partition coefficient (Wildman–Crippen LogP) is 4.66. The Morgan fingerprint density at radius 1 is 1.28 bits per heavy atom. The van der Waals surface area contributed by atoms with Crippen molar-refractivity contribution in [3.8, 4) is 17.0 Å². The molecule has 2 aromatic rings. The van der Waals surface area contributed by atoms with Gasteiger partial charge in [0, 0.05) is 24.4 Å². The van der Waals surface area contributed by atoms with Gasteiger partial charge in [0.25, 0.3) is 5.91 Å². The lowest BCUT2D eigenvalue weighted by atomic mass is 9.97. The van der Waals surface area contributed by atoms with Gasteiger partial charge in [0.1, 0.15) is 5.69 Å². The quantitative estimate of drug-likeness (QED) is 0.409. The van der Waals surface area contributed by atoms with E-state index in [1.165, 1.54) is 13.2 Å². The Hall–Kier alpha value is -3.51. The van der Waals surface area contributed by atoms with Crippen LogP contribution in [0.4, 0.5) is 0 Å². The molecule has 150 valence electrons. The number of nitrogens with zero attached hydrogens (tertiary/aromatic N) is 2. The maximum Gasteiger partial charge on any atom is 0.279 e. The van der Waals surface area contributed by atoms with Crippen molar-refractivity contribution >= 4 is 29.8 Å². The van der Waals surface area contributed by atoms with Crippen LogP contribution in [0, 0.1) is 0 Å². The number of carbonyl (C=O) groups is 1. The molecule has 6 nitrogen and oxygen atoms in total. The first-order valence-electron chi connectivity index (χ1n) is 9.07. The number of rotatable bonds is 7. The standard InChI is InChI=1S/C23H25N3O3/c1-6-9-19-18(8-3)20(23(27)26-28)22(29-5)21(25-19)17-12-10-16(11-13-17)15(7-2)14-24-4/h6-14,28H,3H2,1-2,4-5H3,(H,26,27)/b9-6-,15-7+,24-14?. The van der Waals surface area contributed by atoms with Gasteiger partial charge >= 0.3 is 0 Å². The minimum atomic E-state index is -0.696. The fourth-order valence-corrected chi connectivity index (χ4v) is 3.04. The normalized spacial score (nSPS) is 11.8. The molecule has 0 aliphatic heterocycles. The minimum absolute atomic E-state index is 0.166. The molecule has 0 spiro atoms. The number of allylic oxidation sites excluding steroid dienone is 3. The number of aliphatic imine (C=N–C) groups is 1. The molecule has 2 rings (SSSR count). The van der Waals surface area contributed by atoms with Crippen LogP contribution < -0.4 is 10.2 Å². The Kier molecular flexibility index (Phi) is 7.62. The van der Waals surface area contributed by atoms with Crippen LogP contribution in [-0.4, -0.2) is 36.5 Å². The molecular formula is C23H25N3O3. The first-order valence-corrected chi connectivity index (χ1v) is 9.07. The highest BCUT2D eigenvalue weighted by molar-refractivity contribution is 6.09. The van der Waals surface area contributed by atoms with E-state index in [-0.39, 0.29) is 11.3 Å². The van der Waals surface area contributed by atoms with Crippen molar-refractivity contribution in [3.05, 3.63) is 65.4 Å². The number of ether oxygens (including phenoxy) is 1. The van der Waals surface area contributed by atoms with E-state index < -0.39 is 5.91 Å².